The van der Waals surface area contributed by atoms with Crippen molar-refractivity contribution in [3.05, 3.63) is 42.4 Å². The van der Waals surface area contributed by atoms with Crippen molar-refractivity contribution in [2.24, 2.45) is 0 Å². The number of hydrogen-bond donors (Lipinski definition) is 2. The van der Waals surface area contributed by atoms with Crippen LogP contribution < -0.4 is 10.6 Å². The van der Waals surface area contributed by atoms with Gasteiger partial charge in [0.25, 0.3) is 0 Å². The number of amides is 2. The van der Waals surface area contributed by atoms with Gasteiger partial charge in [0.05, 0.1) is 6.20 Å². The summed E-state index contributed by atoms with van der Waals surface area (Å²) in [5.74, 6) is 0.691. The lowest BCUT2D eigenvalue weighted by molar-refractivity contribution is 0.249. The van der Waals surface area contributed by atoms with Crippen LogP contribution in [0, 0.1) is 0 Å². The van der Waals surface area contributed by atoms with Gasteiger partial charge in [-0.25, -0.2) is 9.48 Å². The molecule has 0 aliphatic carbocycles. The Morgan fingerprint density at radius 2 is 2.10 bits per heavy atom. The van der Waals surface area contributed by atoms with Gasteiger partial charge in [-0.2, -0.15) is 5.10 Å². The normalized spacial score (nSPS) is 12.2. The minimum absolute atomic E-state index is 0.0182. The molecule has 2 N–H and O–H groups in total. The molecular formula is C15H21N5O. The van der Waals surface area contributed by atoms with Gasteiger partial charge in [0, 0.05) is 30.5 Å². The average molecular weight is 287 g/mol. The van der Waals surface area contributed by atoms with Crippen LogP contribution >= 0.6 is 0 Å². The largest absolute Gasteiger partial charge is 0.335 e. The highest BCUT2D eigenvalue weighted by Gasteiger charge is 2.11. The molecule has 0 aliphatic heterocycles. The molecule has 0 saturated carbocycles. The molecule has 2 rings (SSSR count). The number of rotatable bonds is 5. The van der Waals surface area contributed by atoms with Crippen LogP contribution in [0.1, 0.15) is 32.4 Å². The van der Waals surface area contributed by atoms with Crippen LogP contribution in [0.5, 0.6) is 0 Å². The van der Waals surface area contributed by atoms with E-state index >= 15 is 0 Å². The molecule has 0 saturated heterocycles. The standard InChI is InChI=1S/C15H21N5O/c1-11(2)20-14(6-8-17-20)19-15(21)18-12(3)9-13-5-4-7-16-10-13/h4-8,10-12H,9H2,1-3H3,(H2,18,19,21). The Morgan fingerprint density at radius 3 is 2.76 bits per heavy atom. The predicted octanol–water partition coefficient (Wildman–Crippen LogP) is 2.61. The molecule has 0 aromatic carbocycles. The molecular weight excluding hydrogens is 266 g/mol. The van der Waals surface area contributed by atoms with Crippen molar-refractivity contribution < 1.29 is 4.79 Å². The van der Waals surface area contributed by atoms with E-state index in [1.807, 2.05) is 39.1 Å². The van der Waals surface area contributed by atoms with Crippen LogP contribution in [0.3, 0.4) is 0 Å². The van der Waals surface area contributed by atoms with E-state index in [0.29, 0.717) is 5.82 Å². The summed E-state index contributed by atoms with van der Waals surface area (Å²) in [4.78, 5) is 16.1. The Labute approximate surface area is 124 Å². The molecule has 21 heavy (non-hydrogen) atoms. The van der Waals surface area contributed by atoms with Crippen molar-refractivity contribution >= 4 is 11.8 Å². The topological polar surface area (TPSA) is 71.8 Å². The number of nitrogens with one attached hydrogen (secondary N) is 2. The maximum atomic E-state index is 12.0. The molecule has 112 valence electrons. The highest BCUT2D eigenvalue weighted by molar-refractivity contribution is 5.88. The van der Waals surface area contributed by atoms with Gasteiger partial charge in [0.2, 0.25) is 0 Å². The first-order valence-corrected chi connectivity index (χ1v) is 7.06. The zero-order valence-corrected chi connectivity index (χ0v) is 12.6. The number of nitrogens with zero attached hydrogens (tertiary/aromatic N) is 3. The summed E-state index contributed by atoms with van der Waals surface area (Å²) in [6, 6.07) is 5.66. The van der Waals surface area contributed by atoms with Crippen molar-refractivity contribution in [2.45, 2.75) is 39.3 Å². The molecule has 0 spiro atoms. The Hall–Kier alpha value is -2.37. The molecule has 2 amide bonds. The fourth-order valence-corrected chi connectivity index (χ4v) is 2.12. The van der Waals surface area contributed by atoms with Crippen molar-refractivity contribution in [1.29, 1.82) is 0 Å². The first kappa shape index (κ1) is 15.0. The molecule has 0 aliphatic rings. The molecule has 2 aromatic rings. The molecule has 6 nitrogen and oxygen atoms in total. The lowest BCUT2D eigenvalue weighted by Gasteiger charge is -2.16. The quantitative estimate of drug-likeness (QED) is 0.888. The van der Waals surface area contributed by atoms with Crippen LogP contribution in [-0.2, 0) is 6.42 Å². The molecule has 0 bridgehead atoms. The zero-order valence-electron chi connectivity index (χ0n) is 12.6. The van der Waals surface area contributed by atoms with Crippen LogP contribution in [0.4, 0.5) is 10.6 Å². The van der Waals surface area contributed by atoms with Crippen LogP contribution in [0.25, 0.3) is 0 Å². The molecule has 2 aromatic heterocycles. The maximum absolute atomic E-state index is 12.0. The fraction of sp³-hybridized carbons (Fsp3) is 0.400. The van der Waals surface area contributed by atoms with E-state index in [1.54, 1.807) is 23.1 Å². The molecule has 1 unspecified atom stereocenters. The van der Waals surface area contributed by atoms with E-state index < -0.39 is 0 Å². The zero-order chi connectivity index (χ0) is 15.2. The maximum Gasteiger partial charge on any atom is 0.320 e. The van der Waals surface area contributed by atoms with E-state index in [9.17, 15) is 4.79 Å². The second-order valence-corrected chi connectivity index (χ2v) is 5.32. The number of carbonyl (C=O) groups excluding carboxylic acids is 1. The lowest BCUT2D eigenvalue weighted by Crippen LogP contribution is -2.37. The molecule has 2 heterocycles. The van der Waals surface area contributed by atoms with Crippen molar-refractivity contribution in [2.75, 3.05) is 5.32 Å². The Kier molecular flexibility index (Phi) is 4.92. The SMILES string of the molecule is CC(Cc1cccnc1)NC(=O)Nc1ccnn1C(C)C. The van der Waals surface area contributed by atoms with E-state index in [-0.39, 0.29) is 18.1 Å². The third kappa shape index (κ3) is 4.30. The first-order valence-electron chi connectivity index (χ1n) is 7.06. The van der Waals surface area contributed by atoms with Gasteiger partial charge in [-0.05, 0) is 38.8 Å². The molecule has 6 heteroatoms. The number of hydrogen-bond acceptors (Lipinski definition) is 3. The van der Waals surface area contributed by atoms with Gasteiger partial charge in [-0.1, -0.05) is 6.07 Å². The second-order valence-electron chi connectivity index (χ2n) is 5.32. The molecule has 1 atom stereocenters. The Balaban J connectivity index is 1.88. The summed E-state index contributed by atoms with van der Waals surface area (Å²) in [5, 5.41) is 9.92. The summed E-state index contributed by atoms with van der Waals surface area (Å²) in [6.07, 6.45) is 5.96. The third-order valence-corrected chi connectivity index (χ3v) is 3.04. The summed E-state index contributed by atoms with van der Waals surface area (Å²) in [7, 11) is 0. The number of anilines is 1. The van der Waals surface area contributed by atoms with Crippen LogP contribution in [0.2, 0.25) is 0 Å². The summed E-state index contributed by atoms with van der Waals surface area (Å²) < 4.78 is 1.77. The van der Waals surface area contributed by atoms with E-state index in [4.69, 9.17) is 0 Å². The highest BCUT2D eigenvalue weighted by Crippen LogP contribution is 2.12. The first-order chi connectivity index (χ1) is 10.1. The van der Waals surface area contributed by atoms with Crippen molar-refractivity contribution in [1.82, 2.24) is 20.1 Å². The van der Waals surface area contributed by atoms with Crippen molar-refractivity contribution in [3.8, 4) is 0 Å². The number of carbonyl (C=O) groups is 1. The van der Waals surface area contributed by atoms with Crippen molar-refractivity contribution in [3.63, 3.8) is 0 Å². The second kappa shape index (κ2) is 6.88. The number of aromatic nitrogens is 3. The highest BCUT2D eigenvalue weighted by atomic mass is 16.2. The predicted molar refractivity (Wildman–Crippen MR) is 82.2 cm³/mol. The van der Waals surface area contributed by atoms with Crippen LogP contribution in [0.15, 0.2) is 36.8 Å². The summed E-state index contributed by atoms with van der Waals surface area (Å²) in [5.41, 5.74) is 1.09. The van der Waals surface area contributed by atoms with E-state index in [1.165, 1.54) is 0 Å². The minimum atomic E-state index is -0.228. The average Bonchev–Trinajstić information content (AvgIpc) is 2.87. The smallest absolute Gasteiger partial charge is 0.320 e. The Morgan fingerprint density at radius 1 is 1.29 bits per heavy atom. The molecule has 0 fully saturated rings. The van der Waals surface area contributed by atoms with Gasteiger partial charge in [0.15, 0.2) is 0 Å². The Bertz CT molecular complexity index is 579. The summed E-state index contributed by atoms with van der Waals surface area (Å²) in [6.45, 7) is 5.99. The molecule has 0 radical (unpaired) electrons. The van der Waals surface area contributed by atoms with Gasteiger partial charge in [-0.15, -0.1) is 0 Å². The third-order valence-electron chi connectivity index (χ3n) is 3.04. The number of urea groups is 1. The van der Waals surface area contributed by atoms with Gasteiger partial charge < -0.3 is 5.32 Å². The van der Waals surface area contributed by atoms with E-state index in [0.717, 1.165) is 12.0 Å². The minimum Gasteiger partial charge on any atom is -0.335 e. The van der Waals surface area contributed by atoms with Gasteiger partial charge >= 0.3 is 6.03 Å². The summed E-state index contributed by atoms with van der Waals surface area (Å²) >= 11 is 0. The monoisotopic (exact) mass is 287 g/mol. The lowest BCUT2D eigenvalue weighted by atomic mass is 10.1. The van der Waals surface area contributed by atoms with Crippen LogP contribution in [-0.4, -0.2) is 26.8 Å². The van der Waals surface area contributed by atoms with Gasteiger partial charge in [0.1, 0.15) is 5.82 Å². The number of pyridine rings is 1. The fourth-order valence-electron chi connectivity index (χ4n) is 2.12. The van der Waals surface area contributed by atoms with E-state index in [2.05, 4.69) is 20.7 Å². The van der Waals surface area contributed by atoms with Gasteiger partial charge in [-0.3, -0.25) is 10.3 Å².